The molecule has 1 amide bonds. The summed E-state index contributed by atoms with van der Waals surface area (Å²) in [6.07, 6.45) is 2.57. The number of amides is 1. The summed E-state index contributed by atoms with van der Waals surface area (Å²) in [5, 5.41) is 0.968. The molecule has 1 aliphatic heterocycles. The predicted molar refractivity (Wildman–Crippen MR) is 98.8 cm³/mol. The van der Waals surface area contributed by atoms with Crippen molar-refractivity contribution in [3.05, 3.63) is 45.7 Å². The SMILES string of the molecule is CCOCC1CCCN(C(=O)Cc2ccc3[nH]c(=O)c(C)cc3c2)C1. The van der Waals surface area contributed by atoms with E-state index in [0.717, 1.165) is 55.6 Å². The number of piperidine rings is 1. The Kier molecular flexibility index (Phi) is 5.53. The molecule has 1 aromatic heterocycles. The van der Waals surface area contributed by atoms with Gasteiger partial charge < -0.3 is 14.6 Å². The number of pyridine rings is 1. The molecule has 1 aliphatic rings. The van der Waals surface area contributed by atoms with Gasteiger partial charge in [-0.25, -0.2) is 0 Å². The molecule has 1 atom stereocenters. The Labute approximate surface area is 148 Å². The lowest BCUT2D eigenvalue weighted by Gasteiger charge is -2.32. The number of H-pyrrole nitrogens is 1. The standard InChI is InChI=1S/C20H26N2O3/c1-3-25-13-16-5-4-8-22(12-16)19(23)11-15-6-7-18-17(10-15)9-14(2)20(24)21-18/h6-7,9-10,16H,3-5,8,11-13H2,1-2H3,(H,21,24). The monoisotopic (exact) mass is 342 g/mol. The molecule has 1 N–H and O–H groups in total. The molecule has 5 nitrogen and oxygen atoms in total. The van der Waals surface area contributed by atoms with Crippen molar-refractivity contribution in [1.82, 2.24) is 9.88 Å². The fourth-order valence-electron chi connectivity index (χ4n) is 3.47. The van der Waals surface area contributed by atoms with Crippen molar-refractivity contribution in [2.24, 2.45) is 5.92 Å². The lowest BCUT2D eigenvalue weighted by Crippen LogP contribution is -2.42. The van der Waals surface area contributed by atoms with Crippen LogP contribution in [0, 0.1) is 12.8 Å². The Morgan fingerprint density at radius 1 is 1.36 bits per heavy atom. The first-order chi connectivity index (χ1) is 12.1. The molecule has 0 bridgehead atoms. The van der Waals surface area contributed by atoms with E-state index in [-0.39, 0.29) is 11.5 Å². The molecule has 134 valence electrons. The molecule has 1 unspecified atom stereocenters. The van der Waals surface area contributed by atoms with Gasteiger partial charge in [0.15, 0.2) is 0 Å². The van der Waals surface area contributed by atoms with Gasteiger partial charge in [-0.1, -0.05) is 6.07 Å². The van der Waals surface area contributed by atoms with Crippen molar-refractivity contribution in [1.29, 1.82) is 0 Å². The van der Waals surface area contributed by atoms with Gasteiger partial charge in [0.1, 0.15) is 0 Å². The lowest BCUT2D eigenvalue weighted by atomic mass is 9.98. The minimum absolute atomic E-state index is 0.0648. The zero-order valence-electron chi connectivity index (χ0n) is 15.0. The van der Waals surface area contributed by atoms with Gasteiger partial charge in [-0.2, -0.15) is 0 Å². The molecular formula is C20H26N2O3. The smallest absolute Gasteiger partial charge is 0.251 e. The Bertz CT molecular complexity index is 812. The summed E-state index contributed by atoms with van der Waals surface area (Å²) >= 11 is 0. The number of aromatic amines is 1. The summed E-state index contributed by atoms with van der Waals surface area (Å²) < 4.78 is 5.52. The molecule has 3 rings (SSSR count). The predicted octanol–water partition coefficient (Wildman–Crippen LogP) is 2.65. The van der Waals surface area contributed by atoms with Gasteiger partial charge in [-0.05, 0) is 61.8 Å². The van der Waals surface area contributed by atoms with E-state index in [4.69, 9.17) is 4.74 Å². The molecule has 1 aromatic carbocycles. The molecule has 1 saturated heterocycles. The van der Waals surface area contributed by atoms with Crippen LogP contribution in [0.25, 0.3) is 10.9 Å². The van der Waals surface area contributed by atoms with E-state index >= 15 is 0 Å². The van der Waals surface area contributed by atoms with Crippen molar-refractivity contribution < 1.29 is 9.53 Å². The van der Waals surface area contributed by atoms with Gasteiger partial charge in [0.05, 0.1) is 13.0 Å². The number of aryl methyl sites for hydroxylation is 1. The number of ether oxygens (including phenoxy) is 1. The zero-order valence-corrected chi connectivity index (χ0v) is 15.0. The minimum atomic E-state index is -0.0648. The number of likely N-dealkylation sites (tertiary alicyclic amines) is 1. The van der Waals surface area contributed by atoms with Crippen LogP contribution >= 0.6 is 0 Å². The highest BCUT2D eigenvalue weighted by Gasteiger charge is 2.23. The topological polar surface area (TPSA) is 62.4 Å². The summed E-state index contributed by atoms with van der Waals surface area (Å²) in [7, 11) is 0. The second-order valence-electron chi connectivity index (χ2n) is 6.89. The van der Waals surface area contributed by atoms with Crippen LogP contribution in [-0.4, -0.2) is 42.1 Å². The first kappa shape index (κ1) is 17.7. The number of carbonyl (C=O) groups excluding carboxylic acids is 1. The largest absolute Gasteiger partial charge is 0.381 e. The average Bonchev–Trinajstić information content (AvgIpc) is 2.61. The maximum absolute atomic E-state index is 12.7. The third-order valence-electron chi connectivity index (χ3n) is 4.88. The van der Waals surface area contributed by atoms with E-state index in [2.05, 4.69) is 4.98 Å². The van der Waals surface area contributed by atoms with Crippen LogP contribution in [0.3, 0.4) is 0 Å². The number of fused-ring (bicyclic) bond motifs is 1. The third kappa shape index (κ3) is 4.28. The quantitative estimate of drug-likeness (QED) is 0.909. The molecule has 0 aliphatic carbocycles. The third-order valence-corrected chi connectivity index (χ3v) is 4.88. The van der Waals surface area contributed by atoms with E-state index in [9.17, 15) is 9.59 Å². The highest BCUT2D eigenvalue weighted by Crippen LogP contribution is 2.19. The summed E-state index contributed by atoms with van der Waals surface area (Å²) in [4.78, 5) is 29.2. The van der Waals surface area contributed by atoms with Gasteiger partial charge in [0.25, 0.3) is 5.56 Å². The maximum atomic E-state index is 12.7. The number of hydrogen-bond acceptors (Lipinski definition) is 3. The van der Waals surface area contributed by atoms with Crippen LogP contribution in [-0.2, 0) is 16.0 Å². The average molecular weight is 342 g/mol. The molecule has 5 heteroatoms. The van der Waals surface area contributed by atoms with Crippen LogP contribution in [0.5, 0.6) is 0 Å². The normalized spacial score (nSPS) is 17.8. The van der Waals surface area contributed by atoms with Gasteiger partial charge in [0.2, 0.25) is 5.91 Å². The van der Waals surface area contributed by atoms with Crippen LogP contribution in [0.4, 0.5) is 0 Å². The number of nitrogens with zero attached hydrogens (tertiary/aromatic N) is 1. The molecular weight excluding hydrogens is 316 g/mol. The number of aromatic nitrogens is 1. The summed E-state index contributed by atoms with van der Waals surface area (Å²) in [5.41, 5.74) is 2.41. The number of carbonyl (C=O) groups is 1. The van der Waals surface area contributed by atoms with Gasteiger partial charge in [-0.3, -0.25) is 9.59 Å². The van der Waals surface area contributed by atoms with Gasteiger partial charge >= 0.3 is 0 Å². The fourth-order valence-corrected chi connectivity index (χ4v) is 3.47. The van der Waals surface area contributed by atoms with Crippen LogP contribution < -0.4 is 5.56 Å². The molecule has 2 heterocycles. The molecule has 0 spiro atoms. The molecule has 25 heavy (non-hydrogen) atoms. The molecule has 0 radical (unpaired) electrons. The van der Waals surface area contributed by atoms with E-state index in [1.165, 1.54) is 0 Å². The van der Waals surface area contributed by atoms with E-state index in [1.807, 2.05) is 36.1 Å². The summed E-state index contributed by atoms with van der Waals surface area (Å²) in [5.74, 6) is 0.615. The number of nitrogens with one attached hydrogen (secondary N) is 1. The Morgan fingerprint density at radius 2 is 2.20 bits per heavy atom. The Hall–Kier alpha value is -2.14. The maximum Gasteiger partial charge on any atom is 0.251 e. The highest BCUT2D eigenvalue weighted by atomic mass is 16.5. The van der Waals surface area contributed by atoms with Crippen molar-refractivity contribution in [3.63, 3.8) is 0 Å². The number of hydrogen-bond donors (Lipinski definition) is 1. The van der Waals surface area contributed by atoms with Crippen LogP contribution in [0.15, 0.2) is 29.1 Å². The molecule has 2 aromatic rings. The van der Waals surface area contributed by atoms with Crippen LogP contribution in [0.2, 0.25) is 0 Å². The highest BCUT2D eigenvalue weighted by molar-refractivity contribution is 5.83. The Morgan fingerprint density at radius 3 is 3.00 bits per heavy atom. The minimum Gasteiger partial charge on any atom is -0.381 e. The molecule has 0 saturated carbocycles. The zero-order chi connectivity index (χ0) is 17.8. The van der Waals surface area contributed by atoms with Crippen molar-refractivity contribution in [2.45, 2.75) is 33.1 Å². The van der Waals surface area contributed by atoms with Crippen molar-refractivity contribution in [3.8, 4) is 0 Å². The number of rotatable bonds is 5. The first-order valence-electron chi connectivity index (χ1n) is 9.05. The van der Waals surface area contributed by atoms with Crippen molar-refractivity contribution in [2.75, 3.05) is 26.3 Å². The van der Waals surface area contributed by atoms with E-state index in [1.54, 1.807) is 6.92 Å². The van der Waals surface area contributed by atoms with Gasteiger partial charge in [-0.15, -0.1) is 0 Å². The molecule has 1 fully saturated rings. The number of benzene rings is 1. The van der Waals surface area contributed by atoms with E-state index in [0.29, 0.717) is 17.9 Å². The van der Waals surface area contributed by atoms with Gasteiger partial charge in [0, 0.05) is 30.8 Å². The first-order valence-corrected chi connectivity index (χ1v) is 9.05. The fraction of sp³-hybridized carbons (Fsp3) is 0.500. The van der Waals surface area contributed by atoms with Crippen molar-refractivity contribution >= 4 is 16.8 Å². The lowest BCUT2D eigenvalue weighted by molar-refractivity contribution is -0.132. The summed E-state index contributed by atoms with van der Waals surface area (Å²) in [6, 6.07) is 7.68. The van der Waals surface area contributed by atoms with Crippen LogP contribution in [0.1, 0.15) is 30.9 Å². The summed E-state index contributed by atoms with van der Waals surface area (Å²) in [6.45, 7) is 6.88. The van der Waals surface area contributed by atoms with E-state index < -0.39 is 0 Å². The second kappa shape index (κ2) is 7.83. The second-order valence-corrected chi connectivity index (χ2v) is 6.89. The Balaban J connectivity index is 1.69.